The lowest BCUT2D eigenvalue weighted by Crippen LogP contribution is -2.45. The van der Waals surface area contributed by atoms with E-state index in [9.17, 15) is 4.79 Å². The van der Waals surface area contributed by atoms with Crippen molar-refractivity contribution < 1.29 is 9.53 Å². The van der Waals surface area contributed by atoms with Gasteiger partial charge in [0.15, 0.2) is 6.10 Å². The van der Waals surface area contributed by atoms with Gasteiger partial charge in [-0.1, -0.05) is 12.1 Å². The number of carbonyl (C=O) groups excluding carboxylic acids is 1. The van der Waals surface area contributed by atoms with Crippen LogP contribution in [0.25, 0.3) is 0 Å². The highest BCUT2D eigenvalue weighted by atomic mass is 16.5. The Kier molecular flexibility index (Phi) is 4.56. The molecule has 6 nitrogen and oxygen atoms in total. The monoisotopic (exact) mass is 274 g/mol. The number of nitrogens with one attached hydrogen (secondary N) is 1. The molecule has 0 aromatic heterocycles. The zero-order valence-electron chi connectivity index (χ0n) is 11.4. The van der Waals surface area contributed by atoms with E-state index >= 15 is 0 Å². The van der Waals surface area contributed by atoms with Crippen molar-refractivity contribution >= 4 is 17.3 Å². The number of morpholine rings is 1. The van der Waals surface area contributed by atoms with Crippen LogP contribution in [-0.2, 0) is 9.53 Å². The first-order valence-electron chi connectivity index (χ1n) is 6.48. The third-order valence-corrected chi connectivity index (χ3v) is 3.23. The lowest BCUT2D eigenvalue weighted by atomic mass is 10.1. The molecule has 1 aliphatic rings. The average molecular weight is 274 g/mol. The number of rotatable bonds is 3. The van der Waals surface area contributed by atoms with Gasteiger partial charge < -0.3 is 15.8 Å². The summed E-state index contributed by atoms with van der Waals surface area (Å²) in [4.78, 5) is 14.0. The number of hydrogen-bond acceptors (Lipinski definition) is 5. The third kappa shape index (κ3) is 3.47. The molecule has 0 saturated carbocycles. The van der Waals surface area contributed by atoms with Crippen molar-refractivity contribution in [3.05, 3.63) is 23.8 Å². The predicted molar refractivity (Wildman–Crippen MR) is 76.0 cm³/mol. The Morgan fingerprint density at radius 3 is 3.15 bits per heavy atom. The van der Waals surface area contributed by atoms with Gasteiger partial charge in [0.05, 0.1) is 30.6 Å². The van der Waals surface area contributed by atoms with Crippen LogP contribution in [0.15, 0.2) is 18.2 Å². The van der Waals surface area contributed by atoms with E-state index in [2.05, 4.69) is 11.4 Å². The van der Waals surface area contributed by atoms with Crippen LogP contribution in [0.3, 0.4) is 0 Å². The fourth-order valence-corrected chi connectivity index (χ4v) is 2.17. The minimum absolute atomic E-state index is 0.135. The van der Waals surface area contributed by atoms with Crippen LogP contribution in [0.1, 0.15) is 5.56 Å². The number of para-hydroxylation sites is 1. The summed E-state index contributed by atoms with van der Waals surface area (Å²) in [5, 5.41) is 11.7. The number of ether oxygens (including phenoxy) is 1. The van der Waals surface area contributed by atoms with Crippen LogP contribution < -0.4 is 11.1 Å². The molecule has 1 unspecified atom stereocenters. The number of aryl methyl sites for hydroxylation is 1. The van der Waals surface area contributed by atoms with Gasteiger partial charge in [0.2, 0.25) is 5.91 Å². The molecule has 0 bridgehead atoms. The van der Waals surface area contributed by atoms with E-state index in [-0.39, 0.29) is 12.5 Å². The predicted octanol–water partition coefficient (Wildman–Crippen LogP) is 0.740. The Labute approximate surface area is 118 Å². The van der Waals surface area contributed by atoms with E-state index in [1.807, 2.05) is 24.0 Å². The van der Waals surface area contributed by atoms with Crippen LogP contribution in [0.5, 0.6) is 0 Å². The smallest absolute Gasteiger partial charge is 0.238 e. The van der Waals surface area contributed by atoms with E-state index in [1.165, 1.54) is 0 Å². The normalized spacial score (nSPS) is 19.3. The largest absolute Gasteiger partial charge is 0.397 e. The van der Waals surface area contributed by atoms with Gasteiger partial charge >= 0.3 is 0 Å². The molecule has 1 aromatic carbocycles. The summed E-state index contributed by atoms with van der Waals surface area (Å²) in [5.74, 6) is -0.135. The standard InChI is InChI=1S/C14H18N4O2/c1-10-3-2-4-12(16)14(10)17-13(19)9-18-5-6-20-11(7-15)8-18/h2-4,11H,5-6,8-9,16H2,1H3,(H,17,19). The molecule has 3 N–H and O–H groups in total. The first-order chi connectivity index (χ1) is 9.60. The van der Waals surface area contributed by atoms with Gasteiger partial charge in [-0.2, -0.15) is 5.26 Å². The molecular formula is C14H18N4O2. The number of nitrogen functional groups attached to an aromatic ring is 1. The van der Waals surface area contributed by atoms with E-state index in [0.29, 0.717) is 31.1 Å². The molecule has 1 heterocycles. The summed E-state index contributed by atoms with van der Waals surface area (Å²) in [6, 6.07) is 7.55. The lowest BCUT2D eigenvalue weighted by Gasteiger charge is -2.29. The Morgan fingerprint density at radius 1 is 1.65 bits per heavy atom. The topological polar surface area (TPSA) is 91.4 Å². The van der Waals surface area contributed by atoms with Gasteiger partial charge in [-0.05, 0) is 18.6 Å². The maximum Gasteiger partial charge on any atom is 0.238 e. The van der Waals surface area contributed by atoms with Gasteiger partial charge in [0, 0.05) is 13.1 Å². The van der Waals surface area contributed by atoms with E-state index < -0.39 is 6.10 Å². The van der Waals surface area contributed by atoms with Crippen molar-refractivity contribution in [1.29, 1.82) is 5.26 Å². The quantitative estimate of drug-likeness (QED) is 0.793. The van der Waals surface area contributed by atoms with E-state index in [1.54, 1.807) is 6.07 Å². The van der Waals surface area contributed by atoms with Crippen molar-refractivity contribution in [1.82, 2.24) is 4.90 Å². The number of nitriles is 1. The molecule has 1 aromatic rings. The van der Waals surface area contributed by atoms with E-state index in [4.69, 9.17) is 15.7 Å². The summed E-state index contributed by atoms with van der Waals surface area (Å²) >= 11 is 0. The number of hydrogen-bond donors (Lipinski definition) is 2. The SMILES string of the molecule is Cc1cccc(N)c1NC(=O)CN1CCOC(C#N)C1. The Morgan fingerprint density at radius 2 is 2.45 bits per heavy atom. The van der Waals surface area contributed by atoms with E-state index in [0.717, 1.165) is 5.56 Å². The number of benzene rings is 1. The molecule has 2 rings (SSSR count). The van der Waals surface area contributed by atoms with Crippen LogP contribution in [0.2, 0.25) is 0 Å². The first kappa shape index (κ1) is 14.3. The third-order valence-electron chi connectivity index (χ3n) is 3.23. The highest BCUT2D eigenvalue weighted by Crippen LogP contribution is 2.22. The van der Waals surface area contributed by atoms with Gasteiger partial charge in [0.25, 0.3) is 0 Å². The Bertz CT molecular complexity index is 518. The summed E-state index contributed by atoms with van der Waals surface area (Å²) in [5.41, 5.74) is 7.99. The maximum absolute atomic E-state index is 12.0. The lowest BCUT2D eigenvalue weighted by molar-refractivity contribution is -0.118. The summed E-state index contributed by atoms with van der Waals surface area (Å²) < 4.78 is 5.24. The van der Waals surface area contributed by atoms with Crippen molar-refractivity contribution in [2.45, 2.75) is 13.0 Å². The number of carbonyl (C=O) groups is 1. The molecule has 1 aliphatic heterocycles. The number of nitrogens with two attached hydrogens (primary N) is 1. The molecule has 0 spiro atoms. The van der Waals surface area contributed by atoms with Crippen molar-refractivity contribution in [2.24, 2.45) is 0 Å². The van der Waals surface area contributed by atoms with Gasteiger partial charge in [-0.3, -0.25) is 9.69 Å². The van der Waals surface area contributed by atoms with Crippen molar-refractivity contribution in [2.75, 3.05) is 37.3 Å². The zero-order valence-corrected chi connectivity index (χ0v) is 11.4. The molecule has 1 atom stereocenters. The molecule has 106 valence electrons. The summed E-state index contributed by atoms with van der Waals surface area (Å²) in [6.45, 7) is 3.70. The highest BCUT2D eigenvalue weighted by molar-refractivity contribution is 5.96. The summed E-state index contributed by atoms with van der Waals surface area (Å²) in [6.07, 6.45) is -0.458. The minimum Gasteiger partial charge on any atom is -0.397 e. The van der Waals surface area contributed by atoms with Gasteiger partial charge in [-0.25, -0.2) is 0 Å². The van der Waals surface area contributed by atoms with Gasteiger partial charge in [0.1, 0.15) is 0 Å². The average Bonchev–Trinajstić information content (AvgIpc) is 2.43. The second-order valence-electron chi connectivity index (χ2n) is 4.81. The molecule has 0 radical (unpaired) electrons. The second-order valence-corrected chi connectivity index (χ2v) is 4.81. The summed E-state index contributed by atoms with van der Waals surface area (Å²) in [7, 11) is 0. The highest BCUT2D eigenvalue weighted by Gasteiger charge is 2.22. The van der Waals surface area contributed by atoms with Crippen LogP contribution >= 0.6 is 0 Å². The van der Waals surface area contributed by atoms with Gasteiger partial charge in [-0.15, -0.1) is 0 Å². The molecule has 20 heavy (non-hydrogen) atoms. The van der Waals surface area contributed by atoms with Crippen LogP contribution in [-0.4, -0.2) is 43.2 Å². The Hall–Kier alpha value is -2.10. The van der Waals surface area contributed by atoms with Crippen molar-refractivity contribution in [3.63, 3.8) is 0 Å². The van der Waals surface area contributed by atoms with Crippen LogP contribution in [0.4, 0.5) is 11.4 Å². The molecule has 1 saturated heterocycles. The molecule has 0 aliphatic carbocycles. The second kappa shape index (κ2) is 6.37. The number of amides is 1. The molecular weight excluding hydrogens is 256 g/mol. The maximum atomic E-state index is 12.0. The zero-order chi connectivity index (χ0) is 14.5. The Balaban J connectivity index is 1.94. The molecule has 1 amide bonds. The molecule has 6 heteroatoms. The fraction of sp³-hybridized carbons (Fsp3) is 0.429. The fourth-order valence-electron chi connectivity index (χ4n) is 2.17. The van der Waals surface area contributed by atoms with Crippen LogP contribution in [0, 0.1) is 18.3 Å². The molecule has 1 fully saturated rings. The first-order valence-corrected chi connectivity index (χ1v) is 6.48. The minimum atomic E-state index is -0.458. The number of nitrogens with zero attached hydrogens (tertiary/aromatic N) is 2. The number of anilines is 2. The van der Waals surface area contributed by atoms with Crippen molar-refractivity contribution in [3.8, 4) is 6.07 Å².